The molecule has 3 aromatic rings. The molecule has 0 aliphatic carbocycles. The van der Waals surface area contributed by atoms with Gasteiger partial charge in [-0.1, -0.05) is 0 Å². The number of anilines is 1. The average Bonchev–Trinajstić information content (AvgIpc) is 2.92. The Labute approximate surface area is 144 Å². The number of rotatable bonds is 4. The van der Waals surface area contributed by atoms with Crippen molar-refractivity contribution < 1.29 is 22.0 Å². The first-order chi connectivity index (χ1) is 11.4. The first kappa shape index (κ1) is 16.5. The van der Waals surface area contributed by atoms with Crippen molar-refractivity contribution in [2.75, 3.05) is 4.72 Å². The van der Waals surface area contributed by atoms with E-state index in [4.69, 9.17) is 0 Å². The molecule has 0 saturated carbocycles. The van der Waals surface area contributed by atoms with Gasteiger partial charge in [-0.2, -0.15) is 0 Å². The van der Waals surface area contributed by atoms with Gasteiger partial charge in [0.2, 0.25) is 16.7 Å². The van der Waals surface area contributed by atoms with Gasteiger partial charge in [0.15, 0.2) is 5.82 Å². The van der Waals surface area contributed by atoms with Crippen LogP contribution in [0.15, 0.2) is 35.1 Å². The average molecular weight is 416 g/mol. The van der Waals surface area contributed by atoms with Crippen LogP contribution >= 0.6 is 15.9 Å². The van der Waals surface area contributed by atoms with Crippen molar-refractivity contribution in [3.8, 4) is 0 Å². The molecule has 0 saturated heterocycles. The summed E-state index contributed by atoms with van der Waals surface area (Å²) in [5.41, 5.74) is -0.965. The summed E-state index contributed by atoms with van der Waals surface area (Å²) in [7, 11) is -3.16. The van der Waals surface area contributed by atoms with Crippen LogP contribution in [0.4, 0.5) is 14.5 Å². The highest BCUT2D eigenvalue weighted by atomic mass is 79.9. The van der Waals surface area contributed by atoms with E-state index in [1.54, 1.807) is 6.07 Å². The van der Waals surface area contributed by atoms with Gasteiger partial charge in [0.25, 0.3) is 0 Å². The second-order valence-corrected chi connectivity index (χ2v) is 6.39. The van der Waals surface area contributed by atoms with Crippen molar-refractivity contribution in [1.29, 1.82) is 0 Å². The largest absolute Gasteiger partial charge is 0.345 e. The summed E-state index contributed by atoms with van der Waals surface area (Å²) >= 11 is 3.21. The number of hydrogen-bond acceptors (Lipinski definition) is 4. The normalized spacial score (nSPS) is 11.2. The molecule has 0 atom stereocenters. The topological polar surface area (TPSA) is 91.9 Å². The monoisotopic (exact) mass is 415 g/mol. The minimum Gasteiger partial charge on any atom is -0.345 e. The number of hydrogen-bond donors (Lipinski definition) is 3. The summed E-state index contributed by atoms with van der Waals surface area (Å²) in [5.74, 6) is -3.31. The van der Waals surface area contributed by atoms with E-state index in [2.05, 4.69) is 25.9 Å². The van der Waals surface area contributed by atoms with E-state index in [0.29, 0.717) is 15.5 Å². The Kier molecular flexibility index (Phi) is 4.33. The molecule has 3 rings (SSSR count). The summed E-state index contributed by atoms with van der Waals surface area (Å²) < 4.78 is 52.2. The minimum absolute atomic E-state index is 0.0141. The number of carbonyl (C=O) groups excluding carboxylic acids is 1. The van der Waals surface area contributed by atoms with E-state index in [-0.39, 0.29) is 5.56 Å². The van der Waals surface area contributed by atoms with Crippen LogP contribution in [0.1, 0.15) is 15.9 Å². The number of benzene rings is 1. The molecular weight excluding hydrogens is 408 g/mol. The Morgan fingerprint density at radius 3 is 2.75 bits per heavy atom. The van der Waals surface area contributed by atoms with E-state index in [1.165, 1.54) is 12.4 Å². The molecule has 0 aliphatic rings. The fraction of sp³-hybridized carbons (Fsp3) is 0. The number of halogens is 3. The SMILES string of the molecule is O=C(c1c(F)ccc(N[SH](=O)=O)c1F)c1c[nH]c2ncc(Br)cc12. The molecular formula is C14H8BrF2N3O3S. The van der Waals surface area contributed by atoms with Crippen LogP contribution in [0.5, 0.6) is 0 Å². The van der Waals surface area contributed by atoms with Crippen molar-refractivity contribution in [3.05, 3.63) is 57.8 Å². The third-order valence-corrected chi connectivity index (χ3v) is 4.13. The molecule has 2 heterocycles. The Hall–Kier alpha value is -2.33. The van der Waals surface area contributed by atoms with Crippen molar-refractivity contribution in [3.63, 3.8) is 0 Å². The summed E-state index contributed by atoms with van der Waals surface area (Å²) in [5, 5.41) is 0.376. The van der Waals surface area contributed by atoms with Gasteiger partial charge >= 0.3 is 0 Å². The molecule has 6 nitrogen and oxygen atoms in total. The van der Waals surface area contributed by atoms with Crippen molar-refractivity contribution >= 4 is 49.3 Å². The van der Waals surface area contributed by atoms with Gasteiger partial charge in [-0.05, 0) is 34.1 Å². The van der Waals surface area contributed by atoms with Gasteiger partial charge in [0.1, 0.15) is 11.5 Å². The fourth-order valence-electron chi connectivity index (χ4n) is 2.25. The van der Waals surface area contributed by atoms with E-state index in [0.717, 1.165) is 12.1 Å². The molecule has 0 spiro atoms. The fourth-order valence-corrected chi connectivity index (χ4v) is 2.95. The molecule has 124 valence electrons. The number of aromatic nitrogens is 2. The Morgan fingerprint density at radius 2 is 2.04 bits per heavy atom. The van der Waals surface area contributed by atoms with E-state index in [9.17, 15) is 22.0 Å². The predicted octanol–water partition coefficient (Wildman–Crippen LogP) is 2.77. The number of aromatic amines is 1. The van der Waals surface area contributed by atoms with Crippen LogP contribution < -0.4 is 4.72 Å². The van der Waals surface area contributed by atoms with Crippen LogP contribution in [0, 0.1) is 11.6 Å². The first-order valence-electron chi connectivity index (χ1n) is 6.45. The number of thiol groups is 1. The molecule has 0 aliphatic heterocycles. The summed E-state index contributed by atoms with van der Waals surface area (Å²) in [6, 6.07) is 3.30. The van der Waals surface area contributed by atoms with Gasteiger partial charge < -0.3 is 4.98 Å². The third-order valence-electron chi connectivity index (χ3n) is 3.27. The lowest BCUT2D eigenvalue weighted by Crippen LogP contribution is -2.10. The lowest BCUT2D eigenvalue weighted by atomic mass is 10.0. The standard InChI is InChI=1S/C14H8BrF2N3O3S/c15-6-3-7-8(5-19-14(7)18-4-6)13(21)11-9(16)1-2-10(12(11)17)20-24(22)23/h1-5,24H,(H,18,19)(H,20,22,23). The van der Waals surface area contributed by atoms with Gasteiger partial charge in [-0.15, -0.1) is 0 Å². The number of H-pyrrole nitrogens is 1. The minimum atomic E-state index is -3.16. The molecule has 24 heavy (non-hydrogen) atoms. The van der Waals surface area contributed by atoms with Crippen LogP contribution in [0.25, 0.3) is 11.0 Å². The van der Waals surface area contributed by atoms with E-state index in [1.807, 2.05) is 4.72 Å². The summed E-state index contributed by atoms with van der Waals surface area (Å²) in [6.07, 6.45) is 2.79. The molecule has 0 amide bonds. The number of nitrogens with zero attached hydrogens (tertiary/aromatic N) is 1. The molecule has 0 radical (unpaired) electrons. The number of carbonyl (C=O) groups is 1. The van der Waals surface area contributed by atoms with Crippen molar-refractivity contribution in [1.82, 2.24) is 9.97 Å². The maximum absolute atomic E-state index is 14.4. The van der Waals surface area contributed by atoms with Gasteiger partial charge in [0.05, 0.1) is 11.3 Å². The maximum Gasteiger partial charge on any atom is 0.222 e. The zero-order valence-electron chi connectivity index (χ0n) is 11.6. The van der Waals surface area contributed by atoms with Crippen molar-refractivity contribution in [2.45, 2.75) is 0 Å². The Bertz CT molecular complexity index is 1040. The molecule has 2 N–H and O–H groups in total. The highest BCUT2D eigenvalue weighted by Crippen LogP contribution is 2.27. The Morgan fingerprint density at radius 1 is 1.29 bits per heavy atom. The van der Waals surface area contributed by atoms with Gasteiger partial charge in [0, 0.05) is 27.8 Å². The number of pyridine rings is 1. The number of nitrogens with one attached hydrogen (secondary N) is 2. The number of ketones is 1. The maximum atomic E-state index is 14.4. The highest BCUT2D eigenvalue weighted by molar-refractivity contribution is 9.10. The molecule has 0 unspecified atom stereocenters. The van der Waals surface area contributed by atoms with Crippen molar-refractivity contribution in [2.24, 2.45) is 0 Å². The van der Waals surface area contributed by atoms with E-state index >= 15 is 0 Å². The summed E-state index contributed by atoms with van der Waals surface area (Å²) in [6.45, 7) is 0. The van der Waals surface area contributed by atoms with Crippen LogP contribution in [-0.4, -0.2) is 24.2 Å². The second-order valence-electron chi connectivity index (χ2n) is 4.73. The van der Waals surface area contributed by atoms with Gasteiger partial charge in [-0.3, -0.25) is 9.52 Å². The van der Waals surface area contributed by atoms with Crippen LogP contribution in [0.2, 0.25) is 0 Å². The molecule has 10 heteroatoms. The smallest absolute Gasteiger partial charge is 0.222 e. The quantitative estimate of drug-likeness (QED) is 0.451. The number of fused-ring (bicyclic) bond motifs is 1. The molecule has 1 aromatic carbocycles. The molecule has 0 fully saturated rings. The zero-order chi connectivity index (χ0) is 17.4. The molecule has 2 aromatic heterocycles. The van der Waals surface area contributed by atoms with Crippen LogP contribution in [0.3, 0.4) is 0 Å². The highest BCUT2D eigenvalue weighted by Gasteiger charge is 2.24. The summed E-state index contributed by atoms with van der Waals surface area (Å²) in [4.78, 5) is 19.4. The molecule has 0 bridgehead atoms. The predicted molar refractivity (Wildman–Crippen MR) is 87.5 cm³/mol. The van der Waals surface area contributed by atoms with E-state index < -0.39 is 39.6 Å². The van der Waals surface area contributed by atoms with Crippen LogP contribution in [-0.2, 0) is 10.9 Å². The first-order valence-corrected chi connectivity index (χ1v) is 8.42. The van der Waals surface area contributed by atoms with Gasteiger partial charge in [-0.25, -0.2) is 22.2 Å². The zero-order valence-corrected chi connectivity index (χ0v) is 14.1. The lowest BCUT2D eigenvalue weighted by molar-refractivity contribution is 0.103. The lowest BCUT2D eigenvalue weighted by Gasteiger charge is -2.08. The second kappa shape index (κ2) is 6.29. The Balaban J connectivity index is 2.17. The third kappa shape index (κ3) is 2.89.